The molecular formula is C23H23ClN2O2. The highest BCUT2D eigenvalue weighted by atomic mass is 35.5. The van der Waals surface area contributed by atoms with Crippen LogP contribution >= 0.6 is 11.6 Å². The zero-order chi connectivity index (χ0) is 19.8. The fourth-order valence-corrected chi connectivity index (χ4v) is 3.00. The molecule has 0 saturated carbocycles. The summed E-state index contributed by atoms with van der Waals surface area (Å²) in [5.74, 6) is 0.730. The Morgan fingerprint density at radius 2 is 1.89 bits per heavy atom. The summed E-state index contributed by atoms with van der Waals surface area (Å²) in [5.41, 5.74) is 2.79. The van der Waals surface area contributed by atoms with E-state index in [1.54, 1.807) is 6.20 Å². The summed E-state index contributed by atoms with van der Waals surface area (Å²) in [7, 11) is 0. The zero-order valence-electron chi connectivity index (χ0n) is 15.8. The van der Waals surface area contributed by atoms with Crippen molar-refractivity contribution in [3.05, 3.63) is 94.8 Å². The largest absolute Gasteiger partial charge is 0.494 e. The van der Waals surface area contributed by atoms with Crippen LogP contribution in [0.5, 0.6) is 5.75 Å². The lowest BCUT2D eigenvalue weighted by Gasteiger charge is -2.19. The summed E-state index contributed by atoms with van der Waals surface area (Å²) in [6.45, 7) is 2.40. The minimum atomic E-state index is -0.269. The normalized spacial score (nSPS) is 11.6. The number of pyridine rings is 1. The first-order valence-electron chi connectivity index (χ1n) is 9.27. The molecule has 0 unspecified atom stereocenters. The maximum absolute atomic E-state index is 12.5. The lowest BCUT2D eigenvalue weighted by Crippen LogP contribution is -2.30. The molecule has 4 nitrogen and oxygen atoms in total. The Kier molecular flexibility index (Phi) is 7.04. The van der Waals surface area contributed by atoms with Gasteiger partial charge >= 0.3 is 0 Å². The number of hydrogen-bond donors (Lipinski definition) is 1. The number of rotatable bonds is 8. The number of hydrogen-bond acceptors (Lipinski definition) is 3. The van der Waals surface area contributed by atoms with E-state index in [0.717, 1.165) is 22.6 Å². The van der Waals surface area contributed by atoms with E-state index >= 15 is 0 Å². The third-order valence-electron chi connectivity index (χ3n) is 4.37. The number of benzene rings is 2. The molecule has 1 atom stereocenters. The fraction of sp³-hybridized carbons (Fsp3) is 0.217. The lowest BCUT2D eigenvalue weighted by molar-refractivity contribution is -0.121. The van der Waals surface area contributed by atoms with Crippen molar-refractivity contribution in [2.24, 2.45) is 0 Å². The third kappa shape index (κ3) is 5.57. The second kappa shape index (κ2) is 9.90. The highest BCUT2D eigenvalue weighted by Crippen LogP contribution is 2.22. The number of carbonyl (C=O) groups is 1. The number of nitrogens with zero attached hydrogens (tertiary/aromatic N) is 1. The highest BCUT2D eigenvalue weighted by molar-refractivity contribution is 6.31. The number of ether oxygens (including phenoxy) is 1. The molecule has 1 amide bonds. The monoisotopic (exact) mass is 394 g/mol. The van der Waals surface area contributed by atoms with Gasteiger partial charge in [-0.3, -0.25) is 9.78 Å². The molecule has 0 aliphatic heterocycles. The second-order valence-electron chi connectivity index (χ2n) is 6.53. The van der Waals surface area contributed by atoms with Crippen LogP contribution in [-0.4, -0.2) is 17.5 Å². The molecule has 144 valence electrons. The van der Waals surface area contributed by atoms with Gasteiger partial charge in [0.2, 0.25) is 5.91 Å². The van der Waals surface area contributed by atoms with Crippen molar-refractivity contribution in [2.45, 2.75) is 25.8 Å². The van der Waals surface area contributed by atoms with Crippen molar-refractivity contribution < 1.29 is 9.53 Å². The topological polar surface area (TPSA) is 51.2 Å². The average Bonchev–Trinajstić information content (AvgIpc) is 2.73. The van der Waals surface area contributed by atoms with E-state index in [1.807, 2.05) is 73.7 Å². The van der Waals surface area contributed by atoms with Crippen LogP contribution in [0.25, 0.3) is 0 Å². The van der Waals surface area contributed by atoms with Crippen LogP contribution in [0.4, 0.5) is 0 Å². The molecule has 1 aromatic heterocycles. The van der Waals surface area contributed by atoms with Crippen molar-refractivity contribution in [2.75, 3.05) is 6.61 Å². The summed E-state index contributed by atoms with van der Waals surface area (Å²) in [6, 6.07) is 20.8. The van der Waals surface area contributed by atoms with Crippen molar-refractivity contribution in [1.82, 2.24) is 10.3 Å². The van der Waals surface area contributed by atoms with E-state index < -0.39 is 0 Å². The quantitative estimate of drug-likeness (QED) is 0.540. The molecule has 0 radical (unpaired) electrons. The SMILES string of the molecule is Cc1cc(OCCCC(=O)N[C@H](c2ccccc2)c2ccccn2)ccc1Cl. The Bertz CT molecular complexity index is 861. The Morgan fingerprint density at radius 1 is 1.11 bits per heavy atom. The standard InChI is InChI=1S/C23H23ClN2O2/c1-17-16-19(12-13-20(17)24)28-15-7-11-22(27)26-23(18-8-3-2-4-9-18)21-10-5-6-14-25-21/h2-6,8-10,12-14,16,23H,7,11,15H2,1H3,(H,26,27)/t23-/m1/s1. The Morgan fingerprint density at radius 3 is 2.61 bits per heavy atom. The first-order valence-corrected chi connectivity index (χ1v) is 9.65. The van der Waals surface area contributed by atoms with Crippen molar-refractivity contribution in [3.63, 3.8) is 0 Å². The predicted molar refractivity (Wildman–Crippen MR) is 112 cm³/mol. The number of aromatic nitrogens is 1. The molecule has 5 heteroatoms. The summed E-state index contributed by atoms with van der Waals surface area (Å²) >= 11 is 6.02. The maximum atomic E-state index is 12.5. The molecule has 0 spiro atoms. The second-order valence-corrected chi connectivity index (χ2v) is 6.94. The van der Waals surface area contributed by atoms with Gasteiger partial charge < -0.3 is 10.1 Å². The molecule has 1 heterocycles. The molecule has 2 aromatic carbocycles. The van der Waals surface area contributed by atoms with Crippen LogP contribution in [0.2, 0.25) is 5.02 Å². The van der Waals surface area contributed by atoms with E-state index in [-0.39, 0.29) is 11.9 Å². The van der Waals surface area contributed by atoms with Gasteiger partial charge in [0.25, 0.3) is 0 Å². The van der Waals surface area contributed by atoms with Gasteiger partial charge in [0.05, 0.1) is 18.3 Å². The van der Waals surface area contributed by atoms with Crippen LogP contribution in [0.1, 0.15) is 35.7 Å². The van der Waals surface area contributed by atoms with Gasteiger partial charge in [0.15, 0.2) is 0 Å². The molecule has 1 N–H and O–H groups in total. The van der Waals surface area contributed by atoms with E-state index in [9.17, 15) is 4.79 Å². The van der Waals surface area contributed by atoms with Crippen LogP contribution in [0, 0.1) is 6.92 Å². The summed E-state index contributed by atoms with van der Waals surface area (Å²) in [6.07, 6.45) is 2.74. The first kappa shape index (κ1) is 19.9. The summed E-state index contributed by atoms with van der Waals surface area (Å²) < 4.78 is 5.72. The van der Waals surface area contributed by atoms with Gasteiger partial charge in [-0.1, -0.05) is 48.0 Å². The number of amides is 1. The summed E-state index contributed by atoms with van der Waals surface area (Å²) in [4.78, 5) is 16.9. The maximum Gasteiger partial charge on any atom is 0.220 e. The molecule has 28 heavy (non-hydrogen) atoms. The number of halogens is 1. The van der Waals surface area contributed by atoms with Gasteiger partial charge in [-0.25, -0.2) is 0 Å². The number of nitrogens with one attached hydrogen (secondary N) is 1. The fourth-order valence-electron chi connectivity index (χ4n) is 2.88. The first-order chi connectivity index (χ1) is 13.6. The molecule has 0 aliphatic carbocycles. The molecule has 0 bridgehead atoms. The van der Waals surface area contributed by atoms with E-state index in [2.05, 4.69) is 10.3 Å². The van der Waals surface area contributed by atoms with Crippen molar-refractivity contribution in [3.8, 4) is 5.75 Å². The number of carbonyl (C=O) groups excluding carboxylic acids is 1. The molecule has 3 aromatic rings. The van der Waals surface area contributed by atoms with E-state index in [4.69, 9.17) is 16.3 Å². The minimum Gasteiger partial charge on any atom is -0.494 e. The van der Waals surface area contributed by atoms with Gasteiger partial charge in [-0.15, -0.1) is 0 Å². The molecule has 0 fully saturated rings. The molecule has 0 saturated heterocycles. The van der Waals surface area contributed by atoms with Gasteiger partial charge in [0, 0.05) is 17.6 Å². The third-order valence-corrected chi connectivity index (χ3v) is 4.79. The highest BCUT2D eigenvalue weighted by Gasteiger charge is 2.17. The van der Waals surface area contributed by atoms with Crippen molar-refractivity contribution >= 4 is 17.5 Å². The van der Waals surface area contributed by atoms with Crippen LogP contribution in [-0.2, 0) is 4.79 Å². The van der Waals surface area contributed by atoms with Crippen molar-refractivity contribution in [1.29, 1.82) is 0 Å². The summed E-state index contributed by atoms with van der Waals surface area (Å²) in [5, 5.41) is 3.81. The average molecular weight is 395 g/mol. The zero-order valence-corrected chi connectivity index (χ0v) is 16.5. The minimum absolute atomic E-state index is 0.0320. The Balaban J connectivity index is 1.54. The molecular weight excluding hydrogens is 372 g/mol. The Labute approximate surface area is 170 Å². The smallest absolute Gasteiger partial charge is 0.220 e. The van der Waals surface area contributed by atoms with E-state index in [1.165, 1.54) is 0 Å². The van der Waals surface area contributed by atoms with E-state index in [0.29, 0.717) is 24.5 Å². The van der Waals surface area contributed by atoms with Gasteiger partial charge in [-0.05, 0) is 54.8 Å². The predicted octanol–water partition coefficient (Wildman–Crippen LogP) is 5.11. The molecule has 0 aliphatic rings. The van der Waals surface area contributed by atoms with Gasteiger partial charge in [0.1, 0.15) is 5.75 Å². The van der Waals surface area contributed by atoms with Crippen LogP contribution in [0.3, 0.4) is 0 Å². The molecule has 3 rings (SSSR count). The van der Waals surface area contributed by atoms with Crippen LogP contribution in [0.15, 0.2) is 72.9 Å². The lowest BCUT2D eigenvalue weighted by atomic mass is 10.0. The Hall–Kier alpha value is -2.85. The number of aryl methyl sites for hydroxylation is 1. The van der Waals surface area contributed by atoms with Gasteiger partial charge in [-0.2, -0.15) is 0 Å². The van der Waals surface area contributed by atoms with Crippen LogP contribution < -0.4 is 10.1 Å².